The van der Waals surface area contributed by atoms with Gasteiger partial charge in [0, 0.05) is 6.42 Å². The summed E-state index contributed by atoms with van der Waals surface area (Å²) in [5.41, 5.74) is 5.42. The zero-order chi connectivity index (χ0) is 13.5. The van der Waals surface area contributed by atoms with Crippen molar-refractivity contribution in [1.82, 2.24) is 0 Å². The summed E-state index contributed by atoms with van der Waals surface area (Å²) in [5, 5.41) is 20.8. The normalized spacial score (nSPS) is 10.1. The average Bonchev–Trinajstić information content (AvgIpc) is 2.32. The molecule has 0 radical (unpaired) electrons. The molecule has 0 aliphatic rings. The van der Waals surface area contributed by atoms with Gasteiger partial charge in [-0.05, 0) is 37.6 Å². The van der Waals surface area contributed by atoms with Crippen LogP contribution in [0.25, 0.3) is 0 Å². The number of nitrogens with one attached hydrogen (secondary N) is 1. The minimum Gasteiger partial charge on any atom is -0.506 e. The van der Waals surface area contributed by atoms with E-state index in [4.69, 9.17) is 10.8 Å². The number of carbonyl (C=O) groups excluding carboxylic acids is 1. The van der Waals surface area contributed by atoms with Gasteiger partial charge in [-0.15, -0.1) is 0 Å². The number of hydrogen-bond donors (Lipinski definition) is 4. The summed E-state index contributed by atoms with van der Waals surface area (Å²) in [7, 11) is 0. The number of anilines is 1. The lowest BCUT2D eigenvalue weighted by Gasteiger charge is -2.08. The number of aromatic carboxylic acids is 1. The van der Waals surface area contributed by atoms with Crippen molar-refractivity contribution in [1.29, 1.82) is 0 Å². The number of unbranched alkanes of at least 4 members (excludes halogenated alkanes) is 1. The third-order valence-corrected chi connectivity index (χ3v) is 2.38. The summed E-state index contributed by atoms with van der Waals surface area (Å²) < 4.78 is 0. The molecule has 0 bridgehead atoms. The molecule has 0 saturated heterocycles. The minimum atomic E-state index is -1.12. The van der Waals surface area contributed by atoms with Crippen LogP contribution in [0.2, 0.25) is 0 Å². The first-order chi connectivity index (χ1) is 8.54. The lowest BCUT2D eigenvalue weighted by molar-refractivity contribution is -0.116. The van der Waals surface area contributed by atoms with E-state index in [0.717, 1.165) is 6.42 Å². The van der Waals surface area contributed by atoms with Crippen molar-refractivity contribution in [3.63, 3.8) is 0 Å². The van der Waals surface area contributed by atoms with Crippen LogP contribution in [-0.4, -0.2) is 28.6 Å². The standard InChI is InChI=1S/C12H16N2O4/c13-6-2-1-3-11(16)14-9-7-8(12(17)18)4-5-10(9)15/h4-5,7,15H,1-3,6,13H2,(H,14,16)(H,17,18). The number of carboxylic acid groups (broad SMARTS) is 1. The van der Waals surface area contributed by atoms with Crippen molar-refractivity contribution in [2.75, 3.05) is 11.9 Å². The lowest BCUT2D eigenvalue weighted by Crippen LogP contribution is -2.12. The van der Waals surface area contributed by atoms with E-state index in [1.807, 2.05) is 0 Å². The van der Waals surface area contributed by atoms with Gasteiger partial charge in [-0.1, -0.05) is 0 Å². The maximum absolute atomic E-state index is 11.5. The molecular formula is C12H16N2O4. The first-order valence-electron chi connectivity index (χ1n) is 5.61. The number of amides is 1. The fourth-order valence-corrected chi connectivity index (χ4v) is 1.41. The molecule has 6 nitrogen and oxygen atoms in total. The van der Waals surface area contributed by atoms with Gasteiger partial charge < -0.3 is 21.3 Å². The largest absolute Gasteiger partial charge is 0.506 e. The maximum atomic E-state index is 11.5. The second-order valence-electron chi connectivity index (χ2n) is 3.83. The molecule has 0 spiro atoms. The van der Waals surface area contributed by atoms with Crippen LogP contribution in [0.4, 0.5) is 5.69 Å². The predicted molar refractivity (Wildman–Crippen MR) is 66.6 cm³/mol. The second kappa shape index (κ2) is 6.61. The topological polar surface area (TPSA) is 113 Å². The van der Waals surface area contributed by atoms with E-state index < -0.39 is 5.97 Å². The molecule has 0 fully saturated rings. The van der Waals surface area contributed by atoms with Crippen LogP contribution in [-0.2, 0) is 4.79 Å². The van der Waals surface area contributed by atoms with Crippen molar-refractivity contribution in [2.24, 2.45) is 5.73 Å². The van der Waals surface area contributed by atoms with Gasteiger partial charge >= 0.3 is 5.97 Å². The first-order valence-corrected chi connectivity index (χ1v) is 5.61. The van der Waals surface area contributed by atoms with Crippen molar-refractivity contribution in [2.45, 2.75) is 19.3 Å². The highest BCUT2D eigenvalue weighted by Crippen LogP contribution is 2.24. The third kappa shape index (κ3) is 4.06. The fraction of sp³-hybridized carbons (Fsp3) is 0.333. The fourth-order valence-electron chi connectivity index (χ4n) is 1.41. The highest BCUT2D eigenvalue weighted by molar-refractivity contribution is 5.95. The molecule has 5 N–H and O–H groups in total. The monoisotopic (exact) mass is 252 g/mol. The third-order valence-electron chi connectivity index (χ3n) is 2.38. The van der Waals surface area contributed by atoms with Gasteiger partial charge in [0.2, 0.25) is 5.91 Å². The predicted octanol–water partition coefficient (Wildman–Crippen LogP) is 1.16. The van der Waals surface area contributed by atoms with Gasteiger partial charge in [0.1, 0.15) is 5.75 Å². The summed E-state index contributed by atoms with van der Waals surface area (Å²) in [6.07, 6.45) is 1.68. The molecule has 0 unspecified atom stereocenters. The van der Waals surface area contributed by atoms with Crippen LogP contribution in [0.15, 0.2) is 18.2 Å². The molecule has 1 aromatic carbocycles. The van der Waals surface area contributed by atoms with Gasteiger partial charge in [0.05, 0.1) is 11.3 Å². The van der Waals surface area contributed by atoms with E-state index in [9.17, 15) is 14.7 Å². The van der Waals surface area contributed by atoms with Crippen LogP contribution >= 0.6 is 0 Å². The molecule has 0 aromatic heterocycles. The highest BCUT2D eigenvalue weighted by Gasteiger charge is 2.10. The molecule has 98 valence electrons. The van der Waals surface area contributed by atoms with Crippen LogP contribution in [0, 0.1) is 0 Å². The molecule has 6 heteroatoms. The Morgan fingerprint density at radius 1 is 1.28 bits per heavy atom. The molecule has 0 aliphatic heterocycles. The number of phenolic OH excluding ortho intramolecular Hbond substituents is 1. The van der Waals surface area contributed by atoms with Crippen molar-refractivity contribution in [3.8, 4) is 5.75 Å². The van der Waals surface area contributed by atoms with Gasteiger partial charge in [0.15, 0.2) is 0 Å². The van der Waals surface area contributed by atoms with Gasteiger partial charge in [-0.3, -0.25) is 4.79 Å². The zero-order valence-electron chi connectivity index (χ0n) is 9.85. The Balaban J connectivity index is 2.68. The van der Waals surface area contributed by atoms with Gasteiger partial charge in [0.25, 0.3) is 0 Å². The van der Waals surface area contributed by atoms with Crippen molar-refractivity contribution >= 4 is 17.6 Å². The van der Waals surface area contributed by atoms with E-state index in [2.05, 4.69) is 5.32 Å². The second-order valence-corrected chi connectivity index (χ2v) is 3.83. The number of carboxylic acids is 1. The van der Waals surface area contributed by atoms with E-state index in [1.165, 1.54) is 18.2 Å². The Morgan fingerprint density at radius 3 is 2.61 bits per heavy atom. The lowest BCUT2D eigenvalue weighted by atomic mass is 10.1. The SMILES string of the molecule is NCCCCC(=O)Nc1cc(C(=O)O)ccc1O. The smallest absolute Gasteiger partial charge is 0.335 e. The molecule has 0 aliphatic carbocycles. The molecule has 1 aromatic rings. The number of benzene rings is 1. The Morgan fingerprint density at radius 2 is 2.00 bits per heavy atom. The average molecular weight is 252 g/mol. The van der Waals surface area contributed by atoms with E-state index >= 15 is 0 Å². The Labute approximate surface area is 104 Å². The van der Waals surface area contributed by atoms with Crippen LogP contribution in [0.3, 0.4) is 0 Å². The highest BCUT2D eigenvalue weighted by atomic mass is 16.4. The van der Waals surface area contributed by atoms with E-state index in [-0.39, 0.29) is 29.3 Å². The Kier molecular flexibility index (Phi) is 5.13. The number of aromatic hydroxyl groups is 1. The number of rotatable bonds is 6. The molecule has 18 heavy (non-hydrogen) atoms. The Hall–Kier alpha value is -2.08. The summed E-state index contributed by atoms with van der Waals surface area (Å²) >= 11 is 0. The molecular weight excluding hydrogens is 236 g/mol. The van der Waals surface area contributed by atoms with E-state index in [1.54, 1.807) is 0 Å². The summed E-state index contributed by atoms with van der Waals surface area (Å²) in [5.74, 6) is -1.55. The van der Waals surface area contributed by atoms with Crippen LogP contribution in [0.5, 0.6) is 5.75 Å². The number of nitrogens with two attached hydrogens (primary N) is 1. The zero-order valence-corrected chi connectivity index (χ0v) is 9.85. The quantitative estimate of drug-likeness (QED) is 0.448. The molecule has 0 heterocycles. The first kappa shape index (κ1) is 14.0. The van der Waals surface area contributed by atoms with Crippen LogP contribution < -0.4 is 11.1 Å². The molecule has 1 rings (SSSR count). The van der Waals surface area contributed by atoms with Crippen molar-refractivity contribution in [3.05, 3.63) is 23.8 Å². The van der Waals surface area contributed by atoms with Gasteiger partial charge in [-0.2, -0.15) is 0 Å². The number of phenols is 1. The number of carbonyl (C=O) groups is 2. The van der Waals surface area contributed by atoms with E-state index in [0.29, 0.717) is 13.0 Å². The summed E-state index contributed by atoms with van der Waals surface area (Å²) in [4.78, 5) is 22.3. The Bertz CT molecular complexity index is 446. The number of hydrogen-bond acceptors (Lipinski definition) is 4. The molecule has 0 saturated carbocycles. The van der Waals surface area contributed by atoms with Crippen molar-refractivity contribution < 1.29 is 19.8 Å². The molecule has 1 amide bonds. The summed E-state index contributed by atoms with van der Waals surface area (Å²) in [6, 6.07) is 3.72. The van der Waals surface area contributed by atoms with Crippen LogP contribution in [0.1, 0.15) is 29.6 Å². The maximum Gasteiger partial charge on any atom is 0.335 e. The summed E-state index contributed by atoms with van der Waals surface area (Å²) in [6.45, 7) is 0.521. The van der Waals surface area contributed by atoms with Gasteiger partial charge in [-0.25, -0.2) is 4.79 Å². The minimum absolute atomic E-state index is 0.00468. The molecule has 0 atom stereocenters.